The van der Waals surface area contributed by atoms with Gasteiger partial charge < -0.3 is 10.2 Å². The van der Waals surface area contributed by atoms with Crippen LogP contribution in [0.25, 0.3) is 0 Å². The fourth-order valence-electron chi connectivity index (χ4n) is 2.34. The molecule has 0 spiro atoms. The van der Waals surface area contributed by atoms with Crippen LogP contribution in [0.3, 0.4) is 0 Å². The molecule has 1 heterocycles. The first kappa shape index (κ1) is 15.1. The number of rotatable bonds is 5. The fourth-order valence-corrected chi connectivity index (χ4v) is 2.53. The van der Waals surface area contributed by atoms with Gasteiger partial charge in [-0.2, -0.15) is 0 Å². The highest BCUT2D eigenvalue weighted by Gasteiger charge is 2.17. The van der Waals surface area contributed by atoms with Crippen molar-refractivity contribution in [3.05, 3.63) is 58.0 Å². The van der Waals surface area contributed by atoms with Crippen molar-refractivity contribution in [3.63, 3.8) is 0 Å². The van der Waals surface area contributed by atoms with Gasteiger partial charge in [-0.3, -0.25) is 4.90 Å². The Hall–Kier alpha value is -1.29. The van der Waals surface area contributed by atoms with Crippen molar-refractivity contribution in [1.82, 2.24) is 4.90 Å². The molecular formula is C16H21ClN2O. The molecule has 1 atom stereocenters. The second kappa shape index (κ2) is 6.44. The van der Waals surface area contributed by atoms with Crippen molar-refractivity contribution in [2.45, 2.75) is 26.4 Å². The summed E-state index contributed by atoms with van der Waals surface area (Å²) in [5.41, 5.74) is 9.37. The molecule has 0 aliphatic rings. The molecule has 4 heteroatoms. The van der Waals surface area contributed by atoms with E-state index in [9.17, 15) is 0 Å². The molecular weight excluding hydrogens is 272 g/mol. The smallest absolute Gasteiger partial charge is 0.105 e. The molecule has 0 bridgehead atoms. The van der Waals surface area contributed by atoms with Crippen LogP contribution in [0, 0.1) is 13.8 Å². The van der Waals surface area contributed by atoms with Crippen molar-refractivity contribution in [2.24, 2.45) is 5.73 Å². The zero-order chi connectivity index (χ0) is 14.7. The molecule has 0 radical (unpaired) electrons. The Morgan fingerprint density at radius 3 is 2.60 bits per heavy atom. The van der Waals surface area contributed by atoms with E-state index in [1.807, 2.05) is 32.0 Å². The first-order valence-electron chi connectivity index (χ1n) is 6.72. The molecule has 0 aliphatic heterocycles. The van der Waals surface area contributed by atoms with E-state index in [0.29, 0.717) is 6.54 Å². The van der Waals surface area contributed by atoms with Crippen molar-refractivity contribution in [3.8, 4) is 0 Å². The van der Waals surface area contributed by atoms with Gasteiger partial charge in [-0.25, -0.2) is 0 Å². The molecule has 2 N–H and O–H groups in total. The summed E-state index contributed by atoms with van der Waals surface area (Å²) >= 11 is 6.21. The molecule has 0 saturated carbocycles. The first-order valence-corrected chi connectivity index (χ1v) is 7.10. The number of aryl methyl sites for hydroxylation is 2. The second-order valence-corrected chi connectivity index (χ2v) is 5.58. The van der Waals surface area contributed by atoms with E-state index in [1.165, 1.54) is 5.56 Å². The van der Waals surface area contributed by atoms with Crippen molar-refractivity contribution in [1.29, 1.82) is 0 Å². The van der Waals surface area contributed by atoms with E-state index in [-0.39, 0.29) is 6.04 Å². The molecule has 0 aliphatic carbocycles. The van der Waals surface area contributed by atoms with Gasteiger partial charge in [0.25, 0.3) is 0 Å². The Bertz CT molecular complexity index is 580. The Labute approximate surface area is 125 Å². The normalized spacial score (nSPS) is 12.9. The van der Waals surface area contributed by atoms with Crippen LogP contribution in [0.2, 0.25) is 5.02 Å². The SMILES string of the molecule is Cc1ccc(C(CN)N(C)Cc2ccoc2C)cc1Cl. The minimum absolute atomic E-state index is 0.141. The molecule has 1 aromatic heterocycles. The molecule has 20 heavy (non-hydrogen) atoms. The first-order chi connectivity index (χ1) is 9.52. The molecule has 1 aromatic carbocycles. The average Bonchev–Trinajstić information content (AvgIpc) is 2.80. The summed E-state index contributed by atoms with van der Waals surface area (Å²) in [5, 5.41) is 0.786. The monoisotopic (exact) mass is 292 g/mol. The predicted molar refractivity (Wildman–Crippen MR) is 82.9 cm³/mol. The number of nitrogens with zero attached hydrogens (tertiary/aromatic N) is 1. The maximum atomic E-state index is 6.21. The van der Waals surface area contributed by atoms with E-state index in [4.69, 9.17) is 21.8 Å². The van der Waals surface area contributed by atoms with E-state index < -0.39 is 0 Å². The lowest BCUT2D eigenvalue weighted by molar-refractivity contribution is 0.240. The Morgan fingerprint density at radius 2 is 2.05 bits per heavy atom. The van der Waals surface area contributed by atoms with E-state index in [2.05, 4.69) is 18.0 Å². The molecule has 2 aromatic rings. The van der Waals surface area contributed by atoms with Crippen LogP contribution in [0.5, 0.6) is 0 Å². The summed E-state index contributed by atoms with van der Waals surface area (Å²) in [5.74, 6) is 0.953. The molecule has 108 valence electrons. The number of likely N-dealkylation sites (N-methyl/N-ethyl adjacent to an activating group) is 1. The minimum atomic E-state index is 0.141. The number of hydrogen-bond acceptors (Lipinski definition) is 3. The molecule has 3 nitrogen and oxygen atoms in total. The van der Waals surface area contributed by atoms with E-state index in [1.54, 1.807) is 6.26 Å². The van der Waals surface area contributed by atoms with Crippen LogP contribution < -0.4 is 5.73 Å². The lowest BCUT2D eigenvalue weighted by Gasteiger charge is -2.27. The van der Waals surface area contributed by atoms with Gasteiger partial charge in [-0.05, 0) is 44.2 Å². The molecule has 0 saturated heterocycles. The van der Waals surface area contributed by atoms with Crippen LogP contribution in [-0.4, -0.2) is 18.5 Å². The summed E-state index contributed by atoms with van der Waals surface area (Å²) in [6.07, 6.45) is 1.72. The molecule has 0 fully saturated rings. The van der Waals surface area contributed by atoms with Crippen LogP contribution in [0.15, 0.2) is 34.9 Å². The highest BCUT2D eigenvalue weighted by molar-refractivity contribution is 6.31. The van der Waals surface area contributed by atoms with E-state index in [0.717, 1.165) is 28.5 Å². The van der Waals surface area contributed by atoms with Gasteiger partial charge in [0, 0.05) is 29.7 Å². The molecule has 0 amide bonds. The van der Waals surface area contributed by atoms with Crippen molar-refractivity contribution >= 4 is 11.6 Å². The molecule has 1 unspecified atom stereocenters. The second-order valence-electron chi connectivity index (χ2n) is 5.18. The van der Waals surface area contributed by atoms with Gasteiger partial charge >= 0.3 is 0 Å². The van der Waals surface area contributed by atoms with Gasteiger partial charge in [0.1, 0.15) is 5.76 Å². The summed E-state index contributed by atoms with van der Waals surface area (Å²) < 4.78 is 5.34. The van der Waals surface area contributed by atoms with Crippen molar-refractivity contribution in [2.75, 3.05) is 13.6 Å². The van der Waals surface area contributed by atoms with Gasteiger partial charge in [0.05, 0.1) is 6.26 Å². The summed E-state index contributed by atoms with van der Waals surface area (Å²) in [4.78, 5) is 2.22. The zero-order valence-electron chi connectivity index (χ0n) is 12.2. The van der Waals surface area contributed by atoms with Gasteiger partial charge in [0.15, 0.2) is 0 Å². The van der Waals surface area contributed by atoms with E-state index >= 15 is 0 Å². The maximum absolute atomic E-state index is 6.21. The highest BCUT2D eigenvalue weighted by Crippen LogP contribution is 2.25. The predicted octanol–water partition coefficient (Wildman–Crippen LogP) is 3.68. The fraction of sp³-hybridized carbons (Fsp3) is 0.375. The number of halogens is 1. The van der Waals surface area contributed by atoms with Gasteiger partial charge in [-0.15, -0.1) is 0 Å². The topological polar surface area (TPSA) is 42.4 Å². The average molecular weight is 293 g/mol. The van der Waals surface area contributed by atoms with Gasteiger partial charge in [0.2, 0.25) is 0 Å². The summed E-state index contributed by atoms with van der Waals surface area (Å²) in [6.45, 7) is 5.33. The number of nitrogens with two attached hydrogens (primary N) is 1. The van der Waals surface area contributed by atoms with Crippen LogP contribution in [0.1, 0.15) is 28.5 Å². The molecule has 2 rings (SSSR count). The van der Waals surface area contributed by atoms with Crippen LogP contribution in [0.4, 0.5) is 0 Å². The lowest BCUT2D eigenvalue weighted by atomic mass is 10.0. The standard InChI is InChI=1S/C16H21ClN2O/c1-11-4-5-13(8-15(11)17)16(9-18)19(3)10-14-6-7-20-12(14)2/h4-8,16H,9-10,18H2,1-3H3. The number of hydrogen-bond donors (Lipinski definition) is 1. The van der Waals surface area contributed by atoms with Crippen LogP contribution in [-0.2, 0) is 6.54 Å². The zero-order valence-corrected chi connectivity index (χ0v) is 12.9. The highest BCUT2D eigenvalue weighted by atomic mass is 35.5. The maximum Gasteiger partial charge on any atom is 0.105 e. The number of furan rings is 1. The van der Waals surface area contributed by atoms with Crippen molar-refractivity contribution < 1.29 is 4.42 Å². The van der Waals surface area contributed by atoms with Gasteiger partial charge in [-0.1, -0.05) is 23.7 Å². The van der Waals surface area contributed by atoms with Crippen LogP contribution >= 0.6 is 11.6 Å². The summed E-state index contributed by atoms with van der Waals surface area (Å²) in [6, 6.07) is 8.28. The third kappa shape index (κ3) is 3.23. The Kier molecular flexibility index (Phi) is 4.86. The third-order valence-corrected chi connectivity index (χ3v) is 4.13. The Balaban J connectivity index is 2.18. The Morgan fingerprint density at radius 1 is 1.30 bits per heavy atom. The largest absolute Gasteiger partial charge is 0.469 e. The number of benzene rings is 1. The quantitative estimate of drug-likeness (QED) is 0.914. The summed E-state index contributed by atoms with van der Waals surface area (Å²) in [7, 11) is 2.07. The third-order valence-electron chi connectivity index (χ3n) is 3.72. The lowest BCUT2D eigenvalue weighted by Crippen LogP contribution is -2.30. The minimum Gasteiger partial charge on any atom is -0.469 e.